The van der Waals surface area contributed by atoms with Crippen LogP contribution in [-0.2, 0) is 20.7 Å². The van der Waals surface area contributed by atoms with Crippen molar-refractivity contribution in [1.82, 2.24) is 4.90 Å². The Morgan fingerprint density at radius 1 is 1.37 bits per heavy atom. The smallest absolute Gasteiger partial charge is 0.237 e. The van der Waals surface area contributed by atoms with Crippen molar-refractivity contribution in [1.29, 1.82) is 0 Å². The molecule has 2 amide bonds. The van der Waals surface area contributed by atoms with Crippen LogP contribution in [0.5, 0.6) is 0 Å². The molecule has 0 heterocycles. The van der Waals surface area contributed by atoms with Crippen LogP contribution >= 0.6 is 15.9 Å². The Kier molecular flexibility index (Phi) is 6.52. The summed E-state index contributed by atoms with van der Waals surface area (Å²) in [5, 5.41) is 0. The molecule has 0 spiro atoms. The first-order chi connectivity index (χ1) is 9.04. The van der Waals surface area contributed by atoms with Gasteiger partial charge in [-0.3, -0.25) is 9.59 Å². The Morgan fingerprint density at radius 3 is 2.63 bits per heavy atom. The van der Waals surface area contributed by atoms with E-state index in [0.29, 0.717) is 13.2 Å². The second kappa shape index (κ2) is 7.91. The number of rotatable bonds is 7. The SMILES string of the molecule is COCCN(CC(N)=O)C(=O)Cc1ccccc1Br. The Balaban J connectivity index is 2.70. The lowest BCUT2D eigenvalue weighted by Crippen LogP contribution is -2.41. The van der Waals surface area contributed by atoms with Gasteiger partial charge in [0, 0.05) is 18.1 Å². The summed E-state index contributed by atoms with van der Waals surface area (Å²) < 4.78 is 5.79. The maximum Gasteiger partial charge on any atom is 0.237 e. The zero-order valence-electron chi connectivity index (χ0n) is 10.8. The van der Waals surface area contributed by atoms with E-state index in [1.54, 1.807) is 7.11 Å². The fourth-order valence-corrected chi connectivity index (χ4v) is 2.02. The molecule has 6 heteroatoms. The van der Waals surface area contributed by atoms with Gasteiger partial charge >= 0.3 is 0 Å². The van der Waals surface area contributed by atoms with Gasteiger partial charge in [0.2, 0.25) is 11.8 Å². The Labute approximate surface area is 120 Å². The van der Waals surface area contributed by atoms with Gasteiger partial charge < -0.3 is 15.4 Å². The number of ether oxygens (including phenoxy) is 1. The van der Waals surface area contributed by atoms with Crippen LogP contribution in [0.2, 0.25) is 0 Å². The van der Waals surface area contributed by atoms with Crippen LogP contribution in [0.25, 0.3) is 0 Å². The fourth-order valence-electron chi connectivity index (χ4n) is 1.60. The lowest BCUT2D eigenvalue weighted by atomic mass is 10.1. The van der Waals surface area contributed by atoms with Crippen molar-refractivity contribution < 1.29 is 14.3 Å². The van der Waals surface area contributed by atoms with Gasteiger partial charge in [0.15, 0.2) is 0 Å². The lowest BCUT2D eigenvalue weighted by Gasteiger charge is -2.21. The van der Waals surface area contributed by atoms with Crippen molar-refractivity contribution in [3.63, 3.8) is 0 Å². The van der Waals surface area contributed by atoms with Crippen LogP contribution in [0, 0.1) is 0 Å². The molecule has 0 unspecified atom stereocenters. The molecule has 2 N–H and O–H groups in total. The van der Waals surface area contributed by atoms with Gasteiger partial charge in [-0.1, -0.05) is 34.1 Å². The second-order valence-corrected chi connectivity index (χ2v) is 4.90. The van der Waals surface area contributed by atoms with Crippen LogP contribution in [0.4, 0.5) is 0 Å². The molecule has 0 aliphatic heterocycles. The van der Waals surface area contributed by atoms with Crippen LogP contribution < -0.4 is 5.73 Å². The zero-order valence-corrected chi connectivity index (χ0v) is 12.4. The number of hydrogen-bond donors (Lipinski definition) is 1. The van der Waals surface area contributed by atoms with Gasteiger partial charge in [-0.2, -0.15) is 0 Å². The van der Waals surface area contributed by atoms with Gasteiger partial charge in [-0.15, -0.1) is 0 Å². The topological polar surface area (TPSA) is 72.6 Å². The van der Waals surface area contributed by atoms with E-state index in [4.69, 9.17) is 10.5 Å². The summed E-state index contributed by atoms with van der Waals surface area (Å²) in [5.74, 6) is -0.681. The first-order valence-corrected chi connectivity index (χ1v) is 6.62. The molecule has 0 saturated heterocycles. The summed E-state index contributed by atoms with van der Waals surface area (Å²) in [7, 11) is 1.54. The minimum absolute atomic E-state index is 0.0906. The minimum atomic E-state index is -0.531. The highest BCUT2D eigenvalue weighted by Gasteiger charge is 2.16. The van der Waals surface area contributed by atoms with Gasteiger partial charge in [0.05, 0.1) is 19.6 Å². The molecule has 0 saturated carbocycles. The molecule has 1 rings (SSSR count). The maximum atomic E-state index is 12.1. The normalized spacial score (nSPS) is 10.2. The molecule has 0 fully saturated rings. The van der Waals surface area contributed by atoms with E-state index in [-0.39, 0.29) is 18.9 Å². The van der Waals surface area contributed by atoms with Crippen LogP contribution in [0.3, 0.4) is 0 Å². The predicted molar refractivity (Wildman–Crippen MR) is 75.5 cm³/mol. The van der Waals surface area contributed by atoms with Crippen LogP contribution in [-0.4, -0.2) is 43.5 Å². The third kappa shape index (κ3) is 5.40. The Bertz CT molecular complexity index is 451. The zero-order chi connectivity index (χ0) is 14.3. The van der Waals surface area contributed by atoms with Gasteiger partial charge in [0.25, 0.3) is 0 Å². The third-order valence-corrected chi connectivity index (χ3v) is 3.34. The summed E-state index contributed by atoms with van der Waals surface area (Å²) in [6.45, 7) is 0.629. The summed E-state index contributed by atoms with van der Waals surface area (Å²) in [4.78, 5) is 24.5. The molecule has 0 atom stereocenters. The number of carbonyl (C=O) groups excluding carboxylic acids is 2. The molecule has 104 valence electrons. The number of benzene rings is 1. The minimum Gasteiger partial charge on any atom is -0.383 e. The Hall–Kier alpha value is -1.40. The summed E-state index contributed by atoms with van der Waals surface area (Å²) in [5.41, 5.74) is 6.02. The predicted octanol–water partition coefficient (Wildman–Crippen LogP) is 0.952. The van der Waals surface area contributed by atoms with E-state index < -0.39 is 5.91 Å². The average molecular weight is 329 g/mol. The summed E-state index contributed by atoms with van der Waals surface area (Å²) in [6.07, 6.45) is 0.221. The summed E-state index contributed by atoms with van der Waals surface area (Å²) >= 11 is 3.39. The van der Waals surface area contributed by atoms with E-state index in [2.05, 4.69) is 15.9 Å². The standard InChI is InChI=1S/C13H17BrN2O3/c1-19-7-6-16(9-12(15)17)13(18)8-10-4-2-3-5-11(10)14/h2-5H,6-9H2,1H3,(H2,15,17). The van der Waals surface area contributed by atoms with Crippen molar-refractivity contribution in [2.24, 2.45) is 5.73 Å². The molecule has 0 aliphatic carbocycles. The first-order valence-electron chi connectivity index (χ1n) is 5.83. The molecule has 0 aliphatic rings. The van der Waals surface area contributed by atoms with Crippen molar-refractivity contribution in [2.45, 2.75) is 6.42 Å². The monoisotopic (exact) mass is 328 g/mol. The fraction of sp³-hybridized carbons (Fsp3) is 0.385. The van der Waals surface area contributed by atoms with Gasteiger partial charge in [-0.25, -0.2) is 0 Å². The average Bonchev–Trinajstić information content (AvgIpc) is 2.36. The van der Waals surface area contributed by atoms with E-state index in [0.717, 1.165) is 10.0 Å². The van der Waals surface area contributed by atoms with Crippen LogP contribution in [0.15, 0.2) is 28.7 Å². The number of nitrogens with two attached hydrogens (primary N) is 1. The molecule has 19 heavy (non-hydrogen) atoms. The number of halogens is 1. The first kappa shape index (κ1) is 15.7. The molecular weight excluding hydrogens is 312 g/mol. The summed E-state index contributed by atoms with van der Waals surface area (Å²) in [6, 6.07) is 7.47. The van der Waals surface area contributed by atoms with E-state index in [1.807, 2.05) is 24.3 Å². The van der Waals surface area contributed by atoms with Crippen molar-refractivity contribution in [3.8, 4) is 0 Å². The van der Waals surface area contributed by atoms with Crippen LogP contribution in [0.1, 0.15) is 5.56 Å². The highest BCUT2D eigenvalue weighted by atomic mass is 79.9. The maximum absolute atomic E-state index is 12.1. The largest absolute Gasteiger partial charge is 0.383 e. The quantitative estimate of drug-likeness (QED) is 0.810. The number of hydrogen-bond acceptors (Lipinski definition) is 3. The van der Waals surface area contributed by atoms with Crippen molar-refractivity contribution in [3.05, 3.63) is 34.3 Å². The molecular formula is C13H17BrN2O3. The van der Waals surface area contributed by atoms with E-state index >= 15 is 0 Å². The molecule has 1 aromatic carbocycles. The van der Waals surface area contributed by atoms with Gasteiger partial charge in [-0.05, 0) is 11.6 Å². The molecule has 0 aromatic heterocycles. The third-order valence-electron chi connectivity index (χ3n) is 2.56. The number of methoxy groups -OCH3 is 1. The van der Waals surface area contributed by atoms with Crippen molar-refractivity contribution in [2.75, 3.05) is 26.8 Å². The molecule has 0 radical (unpaired) electrons. The highest BCUT2D eigenvalue weighted by molar-refractivity contribution is 9.10. The molecule has 5 nitrogen and oxygen atoms in total. The number of nitrogens with zero attached hydrogens (tertiary/aromatic N) is 1. The number of amides is 2. The van der Waals surface area contributed by atoms with Gasteiger partial charge in [0.1, 0.15) is 0 Å². The molecule has 0 bridgehead atoms. The number of carbonyl (C=O) groups is 2. The van der Waals surface area contributed by atoms with Crippen molar-refractivity contribution >= 4 is 27.7 Å². The second-order valence-electron chi connectivity index (χ2n) is 4.04. The number of primary amides is 1. The van der Waals surface area contributed by atoms with E-state index in [1.165, 1.54) is 4.90 Å². The van der Waals surface area contributed by atoms with E-state index in [9.17, 15) is 9.59 Å². The highest BCUT2D eigenvalue weighted by Crippen LogP contribution is 2.17. The Morgan fingerprint density at radius 2 is 2.05 bits per heavy atom. The lowest BCUT2D eigenvalue weighted by molar-refractivity contribution is -0.135. The molecule has 1 aromatic rings.